The molecule has 4 rings (SSSR count). The quantitative estimate of drug-likeness (QED) is 0.636. The lowest BCUT2D eigenvalue weighted by molar-refractivity contribution is -0.131. The van der Waals surface area contributed by atoms with E-state index in [1.807, 2.05) is 61.9 Å². The summed E-state index contributed by atoms with van der Waals surface area (Å²) in [6.45, 7) is 9.77. The van der Waals surface area contributed by atoms with Crippen LogP contribution in [0.1, 0.15) is 71.1 Å². The van der Waals surface area contributed by atoms with Crippen LogP contribution in [0.4, 0.5) is 15.4 Å². The van der Waals surface area contributed by atoms with Crippen LogP contribution in [0.3, 0.4) is 0 Å². The first-order chi connectivity index (χ1) is 16.0. The van der Waals surface area contributed by atoms with Gasteiger partial charge in [0.05, 0.1) is 5.54 Å². The van der Waals surface area contributed by atoms with Crippen molar-refractivity contribution in [3.8, 4) is 0 Å². The summed E-state index contributed by atoms with van der Waals surface area (Å²) < 4.78 is 7.25. The molecule has 1 saturated heterocycles. The highest BCUT2D eigenvalue weighted by atomic mass is 16.5. The fraction of sp³-hybridized carbons (Fsp3) is 0.520. The van der Waals surface area contributed by atoms with E-state index in [2.05, 4.69) is 15.7 Å². The number of rotatable bonds is 5. The standard InChI is InChI=1S/C25H33N5O4/c1-24(2,3)30-19(14-20(28-30)26-23(33)34-15-16-9-7-6-8-10-16)17-11-12-18(13-17)29-21(31)25(4,5)27-22(29)32/h6-10,14,17-18H,11-13,15H2,1-5H3,(H,27,32)(H,26,28,33)/t17-,18+/m0/s1. The first-order valence-corrected chi connectivity index (χ1v) is 11.7. The van der Waals surface area contributed by atoms with E-state index >= 15 is 0 Å². The molecule has 2 fully saturated rings. The Bertz CT molecular complexity index is 1090. The maximum Gasteiger partial charge on any atom is 0.413 e. The summed E-state index contributed by atoms with van der Waals surface area (Å²) in [6.07, 6.45) is 1.65. The number of nitrogens with zero attached hydrogens (tertiary/aromatic N) is 3. The molecule has 2 heterocycles. The first kappa shape index (κ1) is 23.8. The van der Waals surface area contributed by atoms with E-state index in [0.717, 1.165) is 24.1 Å². The largest absolute Gasteiger partial charge is 0.444 e. The highest BCUT2D eigenvalue weighted by Gasteiger charge is 2.49. The fourth-order valence-corrected chi connectivity index (χ4v) is 4.72. The third-order valence-electron chi connectivity index (χ3n) is 6.40. The second-order valence-corrected chi connectivity index (χ2v) is 10.6. The maximum absolute atomic E-state index is 12.7. The lowest BCUT2D eigenvalue weighted by Gasteiger charge is -2.25. The summed E-state index contributed by atoms with van der Waals surface area (Å²) in [7, 11) is 0. The number of nitrogens with one attached hydrogen (secondary N) is 2. The zero-order valence-electron chi connectivity index (χ0n) is 20.4. The highest BCUT2D eigenvalue weighted by Crippen LogP contribution is 2.40. The van der Waals surface area contributed by atoms with Gasteiger partial charge in [0.15, 0.2) is 5.82 Å². The Kier molecular flexibility index (Phi) is 6.14. The van der Waals surface area contributed by atoms with Crippen LogP contribution in [-0.2, 0) is 21.7 Å². The molecule has 2 atom stereocenters. The predicted molar refractivity (Wildman–Crippen MR) is 127 cm³/mol. The van der Waals surface area contributed by atoms with Gasteiger partial charge in [-0.05, 0) is 59.4 Å². The Labute approximate surface area is 199 Å². The monoisotopic (exact) mass is 467 g/mol. The van der Waals surface area contributed by atoms with E-state index in [9.17, 15) is 14.4 Å². The predicted octanol–water partition coefficient (Wildman–Crippen LogP) is 4.35. The molecule has 1 aliphatic carbocycles. The number of carbonyl (C=O) groups is 3. The summed E-state index contributed by atoms with van der Waals surface area (Å²) in [4.78, 5) is 39.0. The van der Waals surface area contributed by atoms with Gasteiger partial charge in [0.1, 0.15) is 12.1 Å². The number of urea groups is 1. The minimum Gasteiger partial charge on any atom is -0.444 e. The number of hydrogen-bond donors (Lipinski definition) is 2. The van der Waals surface area contributed by atoms with Crippen molar-refractivity contribution in [2.24, 2.45) is 0 Å². The third kappa shape index (κ3) is 4.78. The lowest BCUT2D eigenvalue weighted by atomic mass is 10.0. The Hall–Kier alpha value is -3.36. The zero-order valence-corrected chi connectivity index (χ0v) is 20.4. The Morgan fingerprint density at radius 2 is 1.91 bits per heavy atom. The molecule has 182 valence electrons. The molecule has 4 amide bonds. The minimum absolute atomic E-state index is 0.108. The summed E-state index contributed by atoms with van der Waals surface area (Å²) >= 11 is 0. The second-order valence-electron chi connectivity index (χ2n) is 10.6. The summed E-state index contributed by atoms with van der Waals surface area (Å²) in [5.41, 5.74) is 0.683. The average molecular weight is 468 g/mol. The van der Waals surface area contributed by atoms with Crippen LogP contribution in [0.25, 0.3) is 0 Å². The molecule has 0 spiro atoms. The number of hydrogen-bond acceptors (Lipinski definition) is 5. The van der Waals surface area contributed by atoms with Gasteiger partial charge in [-0.1, -0.05) is 30.3 Å². The van der Waals surface area contributed by atoms with Gasteiger partial charge < -0.3 is 10.1 Å². The lowest BCUT2D eigenvalue weighted by Crippen LogP contribution is -2.42. The molecular weight excluding hydrogens is 434 g/mol. The molecule has 9 nitrogen and oxygen atoms in total. The molecule has 0 bridgehead atoms. The van der Waals surface area contributed by atoms with Crippen molar-refractivity contribution in [2.45, 2.75) is 83.5 Å². The molecule has 2 aromatic rings. The molecule has 1 aromatic carbocycles. The number of carbonyl (C=O) groups excluding carboxylic acids is 3. The van der Waals surface area contributed by atoms with Crippen LogP contribution in [0, 0.1) is 0 Å². The minimum atomic E-state index is -0.875. The SMILES string of the molecule is CC1(C)NC(=O)N([C@@H]2CC[C@H](c3cc(NC(=O)OCc4ccccc4)nn3C(C)(C)C)C2)C1=O. The van der Waals surface area contributed by atoms with Gasteiger partial charge in [0, 0.05) is 23.7 Å². The molecule has 2 aliphatic rings. The maximum atomic E-state index is 12.7. The fourth-order valence-electron chi connectivity index (χ4n) is 4.72. The van der Waals surface area contributed by atoms with Crippen LogP contribution in [0.2, 0.25) is 0 Å². The van der Waals surface area contributed by atoms with Crippen LogP contribution in [-0.4, -0.2) is 44.3 Å². The summed E-state index contributed by atoms with van der Waals surface area (Å²) in [5.74, 6) is 0.343. The smallest absolute Gasteiger partial charge is 0.413 e. The van der Waals surface area contributed by atoms with Gasteiger partial charge in [-0.2, -0.15) is 5.10 Å². The van der Waals surface area contributed by atoms with Crippen LogP contribution in [0.5, 0.6) is 0 Å². The van der Waals surface area contributed by atoms with E-state index < -0.39 is 11.6 Å². The van der Waals surface area contributed by atoms with Crippen molar-refractivity contribution in [2.75, 3.05) is 5.32 Å². The number of benzene rings is 1. The van der Waals surface area contributed by atoms with Crippen molar-refractivity contribution in [1.29, 1.82) is 0 Å². The number of imide groups is 1. The number of aromatic nitrogens is 2. The van der Waals surface area contributed by atoms with Crippen LogP contribution < -0.4 is 10.6 Å². The van der Waals surface area contributed by atoms with Gasteiger partial charge in [-0.15, -0.1) is 0 Å². The van der Waals surface area contributed by atoms with E-state index in [1.165, 1.54) is 4.90 Å². The second kappa shape index (κ2) is 8.77. The molecule has 9 heteroatoms. The molecule has 1 aliphatic heterocycles. The van der Waals surface area contributed by atoms with Gasteiger partial charge in [0.25, 0.3) is 5.91 Å². The molecule has 0 unspecified atom stereocenters. The van der Waals surface area contributed by atoms with Gasteiger partial charge in [-0.3, -0.25) is 19.7 Å². The zero-order chi connectivity index (χ0) is 24.7. The molecule has 1 saturated carbocycles. The molecule has 34 heavy (non-hydrogen) atoms. The third-order valence-corrected chi connectivity index (χ3v) is 6.40. The van der Waals surface area contributed by atoms with Crippen molar-refractivity contribution >= 4 is 23.8 Å². The van der Waals surface area contributed by atoms with Crippen molar-refractivity contribution in [1.82, 2.24) is 20.0 Å². The Morgan fingerprint density at radius 3 is 2.53 bits per heavy atom. The molecule has 0 radical (unpaired) electrons. The topological polar surface area (TPSA) is 106 Å². The van der Waals surface area contributed by atoms with Crippen molar-refractivity contribution < 1.29 is 19.1 Å². The first-order valence-electron chi connectivity index (χ1n) is 11.7. The summed E-state index contributed by atoms with van der Waals surface area (Å²) in [5, 5.41) is 10.1. The van der Waals surface area contributed by atoms with Gasteiger partial charge in [0.2, 0.25) is 0 Å². The molecule has 1 aromatic heterocycles. The van der Waals surface area contributed by atoms with Gasteiger partial charge >= 0.3 is 12.1 Å². The van der Waals surface area contributed by atoms with E-state index in [-0.39, 0.29) is 36.0 Å². The molecule has 2 N–H and O–H groups in total. The van der Waals surface area contributed by atoms with Crippen molar-refractivity contribution in [3.05, 3.63) is 47.7 Å². The van der Waals surface area contributed by atoms with Crippen molar-refractivity contribution in [3.63, 3.8) is 0 Å². The average Bonchev–Trinajstić information content (AvgIpc) is 3.44. The van der Waals surface area contributed by atoms with E-state index in [0.29, 0.717) is 12.2 Å². The summed E-state index contributed by atoms with van der Waals surface area (Å²) in [6, 6.07) is 10.9. The number of amides is 4. The molecular formula is C25H33N5O4. The van der Waals surface area contributed by atoms with Gasteiger partial charge in [-0.25, -0.2) is 9.59 Å². The van der Waals surface area contributed by atoms with Crippen LogP contribution in [0.15, 0.2) is 36.4 Å². The van der Waals surface area contributed by atoms with E-state index in [4.69, 9.17) is 4.74 Å². The highest BCUT2D eigenvalue weighted by molar-refractivity contribution is 6.06. The Balaban J connectivity index is 1.47. The Morgan fingerprint density at radius 1 is 1.21 bits per heavy atom. The van der Waals surface area contributed by atoms with Crippen LogP contribution >= 0.6 is 0 Å². The number of anilines is 1. The number of ether oxygens (including phenoxy) is 1. The van der Waals surface area contributed by atoms with E-state index in [1.54, 1.807) is 13.8 Å². The normalized spacial score (nSPS) is 22.1.